The summed E-state index contributed by atoms with van der Waals surface area (Å²) in [5.41, 5.74) is -1.39. The number of carbonyl (C=O) groups excluding carboxylic acids is 1. The molecule has 1 aliphatic rings. The van der Waals surface area contributed by atoms with E-state index >= 15 is 0 Å². The number of para-hydroxylation sites is 2. The SMILES string of the molecule is COc1ccccc1Oc1c(C(F)(F)F)oc2cc(OC(=O)c3ccc4c(c3)OCO4)ccc2c1=O. The first-order chi connectivity index (χ1) is 17.2. The van der Waals surface area contributed by atoms with E-state index in [4.69, 9.17) is 28.1 Å². The molecule has 8 nitrogen and oxygen atoms in total. The van der Waals surface area contributed by atoms with Gasteiger partial charge in [0, 0.05) is 6.07 Å². The van der Waals surface area contributed by atoms with Crippen LogP contribution >= 0.6 is 0 Å². The van der Waals surface area contributed by atoms with E-state index in [1.165, 1.54) is 55.6 Å². The third kappa shape index (κ3) is 4.26. The number of benzene rings is 3. The number of alkyl halides is 3. The van der Waals surface area contributed by atoms with E-state index in [-0.39, 0.29) is 35.0 Å². The van der Waals surface area contributed by atoms with Gasteiger partial charge in [0.25, 0.3) is 5.76 Å². The predicted molar refractivity (Wildman–Crippen MR) is 118 cm³/mol. The molecule has 0 bridgehead atoms. The van der Waals surface area contributed by atoms with E-state index < -0.39 is 34.7 Å². The van der Waals surface area contributed by atoms with E-state index in [0.29, 0.717) is 11.5 Å². The summed E-state index contributed by atoms with van der Waals surface area (Å²) in [7, 11) is 1.31. The molecule has 0 spiro atoms. The van der Waals surface area contributed by atoms with Crippen LogP contribution in [0.1, 0.15) is 16.1 Å². The minimum atomic E-state index is -5.07. The quantitative estimate of drug-likeness (QED) is 0.260. The normalized spacial score (nSPS) is 12.4. The Kier molecular flexibility index (Phi) is 5.67. The standard InChI is InChI=1S/C25H15F3O8/c1-31-16-4-2-3-5-18(16)35-22-21(29)15-8-7-14(11-19(15)36-23(22)25(26,27)28)34-24(30)13-6-9-17-20(10-13)33-12-32-17/h2-11H,12H2,1H3. The molecule has 0 saturated heterocycles. The molecule has 0 unspecified atom stereocenters. The van der Waals surface area contributed by atoms with Crippen LogP contribution in [0.25, 0.3) is 11.0 Å². The number of rotatable bonds is 5. The lowest BCUT2D eigenvalue weighted by atomic mass is 10.2. The number of hydrogen-bond donors (Lipinski definition) is 0. The summed E-state index contributed by atoms with van der Waals surface area (Å²) in [6, 6.07) is 13.7. The van der Waals surface area contributed by atoms with E-state index in [2.05, 4.69) is 0 Å². The van der Waals surface area contributed by atoms with Crippen LogP contribution in [0, 0.1) is 0 Å². The van der Waals surface area contributed by atoms with Crippen molar-refractivity contribution in [3.63, 3.8) is 0 Å². The Labute approximate surface area is 200 Å². The molecule has 184 valence electrons. The van der Waals surface area contributed by atoms with Crippen LogP contribution in [0.4, 0.5) is 13.2 Å². The van der Waals surface area contributed by atoms with Crippen molar-refractivity contribution in [1.29, 1.82) is 0 Å². The van der Waals surface area contributed by atoms with Crippen LogP contribution < -0.4 is 29.1 Å². The zero-order chi connectivity index (χ0) is 25.4. The Bertz CT molecular complexity index is 1540. The maximum atomic E-state index is 13.8. The van der Waals surface area contributed by atoms with Gasteiger partial charge in [0.05, 0.1) is 18.1 Å². The predicted octanol–water partition coefficient (Wildman–Crippen LogP) is 5.56. The van der Waals surface area contributed by atoms with Crippen LogP contribution in [-0.4, -0.2) is 19.9 Å². The number of halogens is 3. The van der Waals surface area contributed by atoms with Gasteiger partial charge in [0.2, 0.25) is 18.0 Å². The molecule has 1 aliphatic heterocycles. The van der Waals surface area contributed by atoms with Gasteiger partial charge in [0.15, 0.2) is 23.0 Å². The number of carbonyl (C=O) groups is 1. The lowest BCUT2D eigenvalue weighted by Gasteiger charge is -2.15. The summed E-state index contributed by atoms with van der Waals surface area (Å²) < 4.78 is 72.6. The van der Waals surface area contributed by atoms with Crippen molar-refractivity contribution < 1.29 is 46.1 Å². The van der Waals surface area contributed by atoms with Crippen molar-refractivity contribution in [3.8, 4) is 34.5 Å². The highest BCUT2D eigenvalue weighted by atomic mass is 19.4. The lowest BCUT2D eigenvalue weighted by Crippen LogP contribution is -2.16. The third-order valence-electron chi connectivity index (χ3n) is 5.18. The Hall–Kier alpha value is -4.67. The molecule has 36 heavy (non-hydrogen) atoms. The van der Waals surface area contributed by atoms with Crippen molar-refractivity contribution in [2.24, 2.45) is 0 Å². The molecule has 0 aliphatic carbocycles. The molecule has 0 N–H and O–H groups in total. The number of fused-ring (bicyclic) bond motifs is 2. The fraction of sp³-hybridized carbons (Fsp3) is 0.120. The van der Waals surface area contributed by atoms with Gasteiger partial charge in [0.1, 0.15) is 11.3 Å². The number of hydrogen-bond acceptors (Lipinski definition) is 8. The molecule has 5 rings (SSSR count). The average molecular weight is 500 g/mol. The average Bonchev–Trinajstić information content (AvgIpc) is 3.33. The third-order valence-corrected chi connectivity index (χ3v) is 5.18. The molecule has 0 saturated carbocycles. The minimum Gasteiger partial charge on any atom is -0.493 e. The smallest absolute Gasteiger partial charge is 0.453 e. The van der Waals surface area contributed by atoms with Gasteiger partial charge < -0.3 is 28.1 Å². The Morgan fingerprint density at radius 1 is 0.944 bits per heavy atom. The second-order valence-corrected chi connectivity index (χ2v) is 7.46. The van der Waals surface area contributed by atoms with Crippen LogP contribution in [0.3, 0.4) is 0 Å². The van der Waals surface area contributed by atoms with Gasteiger partial charge in [-0.3, -0.25) is 4.79 Å². The topological polar surface area (TPSA) is 93.4 Å². The summed E-state index contributed by atoms with van der Waals surface area (Å²) >= 11 is 0. The summed E-state index contributed by atoms with van der Waals surface area (Å²) in [6.45, 7) is 0.0157. The first-order valence-corrected chi connectivity index (χ1v) is 10.4. The molecule has 0 radical (unpaired) electrons. The Balaban J connectivity index is 1.52. The van der Waals surface area contributed by atoms with Crippen LogP contribution in [0.15, 0.2) is 69.9 Å². The van der Waals surface area contributed by atoms with Gasteiger partial charge in [-0.05, 0) is 42.5 Å². The second-order valence-electron chi connectivity index (χ2n) is 7.46. The van der Waals surface area contributed by atoms with Crippen molar-refractivity contribution >= 4 is 16.9 Å². The fourth-order valence-electron chi connectivity index (χ4n) is 3.50. The van der Waals surface area contributed by atoms with Crippen LogP contribution in [0.5, 0.6) is 34.5 Å². The highest BCUT2D eigenvalue weighted by Gasteiger charge is 2.40. The Morgan fingerprint density at radius 2 is 1.69 bits per heavy atom. The van der Waals surface area contributed by atoms with Crippen molar-refractivity contribution in [2.45, 2.75) is 6.18 Å². The highest BCUT2D eigenvalue weighted by molar-refractivity contribution is 5.92. The first kappa shape index (κ1) is 23.1. The van der Waals surface area contributed by atoms with Gasteiger partial charge >= 0.3 is 12.1 Å². The van der Waals surface area contributed by atoms with E-state index in [0.717, 1.165) is 6.07 Å². The fourth-order valence-corrected chi connectivity index (χ4v) is 3.50. The van der Waals surface area contributed by atoms with Crippen molar-refractivity contribution in [3.05, 3.63) is 82.2 Å². The zero-order valence-electron chi connectivity index (χ0n) is 18.4. The molecule has 0 atom stereocenters. The monoisotopic (exact) mass is 500 g/mol. The van der Waals surface area contributed by atoms with Gasteiger partial charge in [-0.15, -0.1) is 0 Å². The molecule has 11 heteroatoms. The zero-order valence-corrected chi connectivity index (χ0v) is 18.4. The molecule has 4 aromatic rings. The summed E-state index contributed by atoms with van der Waals surface area (Å²) in [5, 5.41) is -0.212. The van der Waals surface area contributed by atoms with Crippen molar-refractivity contribution in [2.75, 3.05) is 13.9 Å². The molecule has 3 aromatic carbocycles. The van der Waals surface area contributed by atoms with Gasteiger partial charge in [-0.2, -0.15) is 13.2 Å². The molecule has 2 heterocycles. The maximum absolute atomic E-state index is 13.8. The van der Waals surface area contributed by atoms with Crippen LogP contribution in [-0.2, 0) is 6.18 Å². The van der Waals surface area contributed by atoms with Gasteiger partial charge in [-0.1, -0.05) is 12.1 Å². The summed E-state index contributed by atoms with van der Waals surface area (Å²) in [4.78, 5) is 25.5. The molecular weight excluding hydrogens is 485 g/mol. The summed E-state index contributed by atoms with van der Waals surface area (Å²) in [6.07, 6.45) is -5.07. The first-order valence-electron chi connectivity index (χ1n) is 10.4. The number of methoxy groups -OCH3 is 1. The number of esters is 1. The van der Waals surface area contributed by atoms with E-state index in [1.54, 1.807) is 6.07 Å². The second kappa shape index (κ2) is 8.84. The van der Waals surface area contributed by atoms with Gasteiger partial charge in [-0.25, -0.2) is 4.79 Å². The van der Waals surface area contributed by atoms with Crippen LogP contribution in [0.2, 0.25) is 0 Å². The molecule has 0 fully saturated rings. The molecule has 1 aromatic heterocycles. The number of ether oxygens (including phenoxy) is 5. The lowest BCUT2D eigenvalue weighted by molar-refractivity contribution is -0.154. The van der Waals surface area contributed by atoms with E-state index in [9.17, 15) is 22.8 Å². The van der Waals surface area contributed by atoms with E-state index in [1.807, 2.05) is 0 Å². The van der Waals surface area contributed by atoms with Crippen molar-refractivity contribution in [1.82, 2.24) is 0 Å². The largest absolute Gasteiger partial charge is 0.493 e. The Morgan fingerprint density at radius 3 is 2.44 bits per heavy atom. The molecular formula is C25H15F3O8. The molecule has 0 amide bonds. The maximum Gasteiger partial charge on any atom is 0.453 e. The summed E-state index contributed by atoms with van der Waals surface area (Å²) in [5.74, 6) is -2.81. The highest BCUT2D eigenvalue weighted by Crippen LogP contribution is 2.40. The minimum absolute atomic E-state index is 0.0157.